The van der Waals surface area contributed by atoms with Crippen LogP contribution >= 0.6 is 12.8 Å². The summed E-state index contributed by atoms with van der Waals surface area (Å²) in [5.74, 6) is 0.689. The first-order valence-corrected chi connectivity index (χ1v) is 15.7. The summed E-state index contributed by atoms with van der Waals surface area (Å²) >= 11 is 4.28. The van der Waals surface area contributed by atoms with Crippen molar-refractivity contribution in [3.63, 3.8) is 0 Å². The monoisotopic (exact) mass is 621 g/mol. The first-order valence-electron chi connectivity index (χ1n) is 15.3. The van der Waals surface area contributed by atoms with Crippen molar-refractivity contribution in [2.24, 2.45) is 4.40 Å². The van der Waals surface area contributed by atoms with Gasteiger partial charge in [0.05, 0.1) is 28.3 Å². The van der Waals surface area contributed by atoms with E-state index in [4.69, 9.17) is 20.4 Å². The van der Waals surface area contributed by atoms with E-state index in [1.165, 1.54) is 0 Å². The summed E-state index contributed by atoms with van der Waals surface area (Å²) in [6.45, 7) is 0. The van der Waals surface area contributed by atoms with Crippen LogP contribution in [0.15, 0.2) is 150 Å². The largest absolute Gasteiger partial charge is 0.299 e. The molecular formula is C41H27N5S. The number of hydrogen-bond donors (Lipinski definition) is 2. The third-order valence-corrected chi connectivity index (χ3v) is 8.62. The third-order valence-electron chi connectivity index (χ3n) is 8.42. The minimum atomic E-state index is 0.323. The van der Waals surface area contributed by atoms with Crippen molar-refractivity contribution in [1.82, 2.24) is 15.0 Å². The number of hydrogen-bond acceptors (Lipinski definition) is 6. The summed E-state index contributed by atoms with van der Waals surface area (Å²) in [6, 6.07) is 47.2. The van der Waals surface area contributed by atoms with Gasteiger partial charge >= 0.3 is 0 Å². The predicted octanol–water partition coefficient (Wildman–Crippen LogP) is 10.0. The molecule has 0 aliphatic heterocycles. The summed E-state index contributed by atoms with van der Waals surface area (Å²) in [5, 5.41) is 9.52. The van der Waals surface area contributed by atoms with Crippen LogP contribution in [0.1, 0.15) is 11.1 Å². The molecule has 0 amide bonds. The summed E-state index contributed by atoms with van der Waals surface area (Å²) in [7, 11) is 0. The first kappa shape index (κ1) is 28.5. The third kappa shape index (κ3) is 5.35. The Morgan fingerprint density at radius 2 is 1.06 bits per heavy atom. The van der Waals surface area contributed by atoms with E-state index in [9.17, 15) is 0 Å². The highest BCUT2D eigenvalue weighted by atomic mass is 32.1. The molecule has 6 heteroatoms. The number of nitrogens with one attached hydrogen (secondary N) is 1. The molecule has 222 valence electrons. The SMILES string of the molecule is N=C1C=Cc2c(-c3ccccc3)nc3ccc(-c4ccc(-c5cc(-c6ccccc6)nc(-c6ccccc6)n5)cc4)cc3c2/C1=N/S. The second-order valence-electron chi connectivity index (χ2n) is 11.3. The summed E-state index contributed by atoms with van der Waals surface area (Å²) in [5.41, 5.74) is 12.2. The van der Waals surface area contributed by atoms with Crippen LogP contribution in [0.5, 0.6) is 0 Å². The lowest BCUT2D eigenvalue weighted by Crippen LogP contribution is -2.18. The van der Waals surface area contributed by atoms with Crippen molar-refractivity contribution in [2.45, 2.75) is 0 Å². The second kappa shape index (κ2) is 12.1. The van der Waals surface area contributed by atoms with Gasteiger partial charge in [-0.25, -0.2) is 19.3 Å². The standard InChI is InChI=1S/C41H27N5S/c42-34-22-21-32-38(40(34)46-47)33-24-31(20-23-35(33)43-39(32)29-12-6-2-7-13-29)26-16-18-28(19-17-26)37-25-36(27-10-4-1-5-11-27)44-41(45-37)30-14-8-3-9-15-30/h1-25,42,47H/b42-34?,46-40+. The average Bonchev–Trinajstić information content (AvgIpc) is 3.15. The molecule has 0 saturated carbocycles. The van der Waals surface area contributed by atoms with Gasteiger partial charge < -0.3 is 0 Å². The Hall–Kier alpha value is -5.98. The number of rotatable bonds is 5. The molecular weight excluding hydrogens is 595 g/mol. The van der Waals surface area contributed by atoms with Crippen LogP contribution in [-0.4, -0.2) is 26.4 Å². The highest BCUT2D eigenvalue weighted by Crippen LogP contribution is 2.37. The normalized spacial score (nSPS) is 13.2. The van der Waals surface area contributed by atoms with Crippen LogP contribution in [-0.2, 0) is 0 Å². The van der Waals surface area contributed by atoms with Crippen LogP contribution in [0, 0.1) is 5.41 Å². The van der Waals surface area contributed by atoms with Crippen molar-refractivity contribution < 1.29 is 0 Å². The van der Waals surface area contributed by atoms with E-state index in [-0.39, 0.29) is 0 Å². The van der Waals surface area contributed by atoms with E-state index in [1.807, 2.05) is 78.9 Å². The van der Waals surface area contributed by atoms with Gasteiger partial charge in [-0.05, 0) is 54.3 Å². The lowest BCUT2D eigenvalue weighted by atomic mass is 9.87. The zero-order valence-electron chi connectivity index (χ0n) is 25.2. The second-order valence-corrected chi connectivity index (χ2v) is 11.5. The quantitative estimate of drug-likeness (QED) is 0.188. The molecule has 5 aromatic carbocycles. The molecule has 0 unspecified atom stereocenters. The lowest BCUT2D eigenvalue weighted by Gasteiger charge is -2.20. The Bertz CT molecular complexity index is 2290. The van der Waals surface area contributed by atoms with Crippen LogP contribution in [0.25, 0.3) is 73.3 Å². The molecule has 0 atom stereocenters. The van der Waals surface area contributed by atoms with Crippen molar-refractivity contribution >= 4 is 41.2 Å². The summed E-state index contributed by atoms with van der Waals surface area (Å²) in [4.78, 5) is 15.0. The molecule has 7 aromatic rings. The molecule has 2 heterocycles. The smallest absolute Gasteiger partial charge is 0.160 e. The summed E-state index contributed by atoms with van der Waals surface area (Å²) in [6.07, 6.45) is 3.73. The highest BCUT2D eigenvalue weighted by Gasteiger charge is 2.24. The average molecular weight is 622 g/mol. The van der Waals surface area contributed by atoms with Gasteiger partial charge in [0.25, 0.3) is 0 Å². The van der Waals surface area contributed by atoms with Crippen LogP contribution in [0.2, 0.25) is 0 Å². The Morgan fingerprint density at radius 3 is 1.70 bits per heavy atom. The molecule has 2 aromatic heterocycles. The predicted molar refractivity (Wildman–Crippen MR) is 197 cm³/mol. The molecule has 5 nitrogen and oxygen atoms in total. The van der Waals surface area contributed by atoms with Crippen LogP contribution in [0.3, 0.4) is 0 Å². The van der Waals surface area contributed by atoms with E-state index in [0.717, 1.165) is 72.5 Å². The first-order chi connectivity index (χ1) is 23.2. The fourth-order valence-electron chi connectivity index (χ4n) is 6.08. The van der Waals surface area contributed by atoms with E-state index in [0.29, 0.717) is 17.2 Å². The molecule has 47 heavy (non-hydrogen) atoms. The minimum absolute atomic E-state index is 0.323. The number of benzene rings is 5. The maximum absolute atomic E-state index is 8.59. The van der Waals surface area contributed by atoms with Crippen molar-refractivity contribution in [2.75, 3.05) is 0 Å². The van der Waals surface area contributed by atoms with Crippen molar-refractivity contribution in [3.8, 4) is 56.3 Å². The fourth-order valence-corrected chi connectivity index (χ4v) is 6.28. The molecule has 1 aliphatic carbocycles. The summed E-state index contributed by atoms with van der Waals surface area (Å²) < 4.78 is 4.26. The van der Waals surface area contributed by atoms with Crippen LogP contribution < -0.4 is 0 Å². The molecule has 0 spiro atoms. The number of nitrogens with zero attached hydrogens (tertiary/aromatic N) is 4. The van der Waals surface area contributed by atoms with E-state index in [2.05, 4.69) is 83.9 Å². The fraction of sp³-hybridized carbons (Fsp3) is 0. The zero-order chi connectivity index (χ0) is 31.7. The Labute approximate surface area is 278 Å². The van der Waals surface area contributed by atoms with Gasteiger partial charge in [0.1, 0.15) is 5.71 Å². The number of allylic oxidation sites excluding steroid dienone is 1. The maximum Gasteiger partial charge on any atom is 0.160 e. The maximum atomic E-state index is 8.59. The Morgan fingerprint density at radius 1 is 0.511 bits per heavy atom. The topological polar surface area (TPSA) is 74.9 Å². The van der Waals surface area contributed by atoms with Crippen molar-refractivity contribution in [3.05, 3.63) is 157 Å². The Balaban J connectivity index is 1.22. The van der Waals surface area contributed by atoms with Gasteiger partial charge in [-0.3, -0.25) is 5.41 Å². The van der Waals surface area contributed by atoms with Crippen LogP contribution in [0.4, 0.5) is 0 Å². The van der Waals surface area contributed by atoms with Gasteiger partial charge in [-0.15, -0.1) is 0 Å². The molecule has 0 radical (unpaired) electrons. The number of fused-ring (bicyclic) bond motifs is 3. The lowest BCUT2D eigenvalue weighted by molar-refractivity contribution is 1.18. The van der Waals surface area contributed by atoms with Gasteiger partial charge in [0, 0.05) is 38.8 Å². The Kier molecular flexibility index (Phi) is 7.32. The van der Waals surface area contributed by atoms with Gasteiger partial charge in [0.15, 0.2) is 5.82 Å². The molecule has 0 saturated heterocycles. The van der Waals surface area contributed by atoms with Gasteiger partial charge in [-0.2, -0.15) is 0 Å². The number of pyridine rings is 1. The van der Waals surface area contributed by atoms with Crippen molar-refractivity contribution in [1.29, 1.82) is 5.41 Å². The molecule has 0 fully saturated rings. The molecule has 8 rings (SSSR count). The van der Waals surface area contributed by atoms with E-state index >= 15 is 0 Å². The molecule has 1 N–H and O–H groups in total. The molecule has 1 aliphatic rings. The van der Waals surface area contributed by atoms with Gasteiger partial charge in [0.2, 0.25) is 0 Å². The number of thiol groups is 1. The highest BCUT2D eigenvalue weighted by molar-refractivity contribution is 7.79. The molecule has 0 bridgehead atoms. The minimum Gasteiger partial charge on any atom is -0.299 e. The number of aromatic nitrogens is 3. The zero-order valence-corrected chi connectivity index (χ0v) is 26.1. The van der Waals surface area contributed by atoms with E-state index < -0.39 is 0 Å². The van der Waals surface area contributed by atoms with E-state index in [1.54, 1.807) is 6.08 Å². The van der Waals surface area contributed by atoms with Gasteiger partial charge in [-0.1, -0.05) is 121 Å².